The summed E-state index contributed by atoms with van der Waals surface area (Å²) >= 11 is 0. The Hall–Kier alpha value is -2.21. The van der Waals surface area contributed by atoms with E-state index in [-0.39, 0.29) is 5.82 Å². The molecule has 0 spiro atoms. The molecular weight excluding hydrogens is 273 g/mol. The SMILES string of the molecule is CCCn1nncc1C(O)c1oc2ccc(F)cc2c1C. The molecule has 5 nitrogen and oxygen atoms in total. The van der Waals surface area contributed by atoms with Gasteiger partial charge in [0.15, 0.2) is 6.10 Å². The molecule has 0 aliphatic rings. The van der Waals surface area contributed by atoms with E-state index < -0.39 is 6.10 Å². The molecule has 2 heterocycles. The van der Waals surface area contributed by atoms with Gasteiger partial charge in [0, 0.05) is 17.5 Å². The third-order valence-electron chi connectivity index (χ3n) is 3.55. The molecule has 1 aromatic carbocycles. The number of nitrogens with zero attached hydrogens (tertiary/aromatic N) is 3. The van der Waals surface area contributed by atoms with Crippen LogP contribution in [-0.2, 0) is 6.54 Å². The lowest BCUT2D eigenvalue weighted by Gasteiger charge is -2.10. The van der Waals surface area contributed by atoms with Crippen molar-refractivity contribution in [1.82, 2.24) is 15.0 Å². The van der Waals surface area contributed by atoms with Gasteiger partial charge in [-0.3, -0.25) is 0 Å². The van der Waals surface area contributed by atoms with Crippen molar-refractivity contribution in [3.8, 4) is 0 Å². The zero-order valence-electron chi connectivity index (χ0n) is 11.9. The van der Waals surface area contributed by atoms with Gasteiger partial charge in [-0.2, -0.15) is 0 Å². The third-order valence-corrected chi connectivity index (χ3v) is 3.55. The molecule has 0 bridgehead atoms. The zero-order chi connectivity index (χ0) is 15.0. The van der Waals surface area contributed by atoms with Crippen LogP contribution in [-0.4, -0.2) is 20.1 Å². The average Bonchev–Trinajstić information content (AvgIpc) is 3.04. The lowest BCUT2D eigenvalue weighted by atomic mass is 10.1. The predicted molar refractivity (Wildman–Crippen MR) is 75.3 cm³/mol. The van der Waals surface area contributed by atoms with Crippen molar-refractivity contribution in [3.63, 3.8) is 0 Å². The largest absolute Gasteiger partial charge is 0.458 e. The summed E-state index contributed by atoms with van der Waals surface area (Å²) in [4.78, 5) is 0. The van der Waals surface area contributed by atoms with E-state index >= 15 is 0 Å². The molecular formula is C15H16FN3O2. The first kappa shape index (κ1) is 13.8. The number of aryl methyl sites for hydroxylation is 2. The molecule has 21 heavy (non-hydrogen) atoms. The van der Waals surface area contributed by atoms with Crippen LogP contribution in [0.2, 0.25) is 0 Å². The minimum atomic E-state index is -0.970. The molecule has 0 saturated heterocycles. The summed E-state index contributed by atoms with van der Waals surface area (Å²) in [5.41, 5.74) is 1.85. The number of rotatable bonds is 4. The normalized spacial score (nSPS) is 13.0. The van der Waals surface area contributed by atoms with E-state index in [1.807, 2.05) is 6.92 Å². The average molecular weight is 289 g/mol. The molecule has 3 rings (SSSR count). The van der Waals surface area contributed by atoms with Crippen LogP contribution in [0.25, 0.3) is 11.0 Å². The molecule has 0 aliphatic heterocycles. The van der Waals surface area contributed by atoms with Crippen molar-refractivity contribution in [2.45, 2.75) is 32.9 Å². The van der Waals surface area contributed by atoms with Crippen LogP contribution in [0.3, 0.4) is 0 Å². The second kappa shape index (κ2) is 5.29. The summed E-state index contributed by atoms with van der Waals surface area (Å²) in [6.45, 7) is 4.49. The van der Waals surface area contributed by atoms with Crippen LogP contribution in [0.15, 0.2) is 28.8 Å². The molecule has 1 unspecified atom stereocenters. The monoisotopic (exact) mass is 289 g/mol. The van der Waals surface area contributed by atoms with E-state index in [0.717, 1.165) is 12.0 Å². The van der Waals surface area contributed by atoms with Gasteiger partial charge in [-0.25, -0.2) is 9.07 Å². The summed E-state index contributed by atoms with van der Waals surface area (Å²) in [6.07, 6.45) is 1.43. The van der Waals surface area contributed by atoms with Gasteiger partial charge in [-0.15, -0.1) is 5.10 Å². The number of hydrogen-bond donors (Lipinski definition) is 1. The van der Waals surface area contributed by atoms with Crippen LogP contribution in [0.5, 0.6) is 0 Å². The number of furan rings is 1. The third kappa shape index (κ3) is 2.31. The van der Waals surface area contributed by atoms with Gasteiger partial charge >= 0.3 is 0 Å². The molecule has 3 aromatic rings. The van der Waals surface area contributed by atoms with Crippen molar-refractivity contribution >= 4 is 11.0 Å². The highest BCUT2D eigenvalue weighted by molar-refractivity contribution is 5.82. The van der Waals surface area contributed by atoms with E-state index in [1.54, 1.807) is 17.7 Å². The standard InChI is InChI=1S/C15H16FN3O2/c1-3-6-19-12(8-17-18-19)14(20)15-9(2)11-7-10(16)4-5-13(11)21-15/h4-5,7-8,14,20H,3,6H2,1-2H3. The Bertz CT molecular complexity index is 778. The number of halogens is 1. The highest BCUT2D eigenvalue weighted by Crippen LogP contribution is 2.32. The molecule has 0 amide bonds. The second-order valence-electron chi connectivity index (χ2n) is 5.02. The van der Waals surface area contributed by atoms with Gasteiger partial charge in [0.05, 0.1) is 11.9 Å². The van der Waals surface area contributed by atoms with Crippen LogP contribution < -0.4 is 0 Å². The maximum Gasteiger partial charge on any atom is 0.155 e. The summed E-state index contributed by atoms with van der Waals surface area (Å²) in [7, 11) is 0. The van der Waals surface area contributed by atoms with Gasteiger partial charge < -0.3 is 9.52 Å². The van der Waals surface area contributed by atoms with Crippen molar-refractivity contribution in [2.24, 2.45) is 0 Å². The number of aromatic nitrogens is 3. The quantitative estimate of drug-likeness (QED) is 0.802. The molecule has 0 saturated carbocycles. The van der Waals surface area contributed by atoms with Crippen molar-refractivity contribution in [3.05, 3.63) is 47.2 Å². The number of aliphatic hydroxyl groups is 1. The Morgan fingerprint density at radius 3 is 3.00 bits per heavy atom. The molecule has 0 radical (unpaired) electrons. The van der Waals surface area contributed by atoms with Crippen LogP contribution in [0.4, 0.5) is 4.39 Å². The van der Waals surface area contributed by atoms with Crippen molar-refractivity contribution in [1.29, 1.82) is 0 Å². The highest BCUT2D eigenvalue weighted by atomic mass is 19.1. The van der Waals surface area contributed by atoms with E-state index in [1.165, 1.54) is 18.3 Å². The molecule has 0 aliphatic carbocycles. The maximum atomic E-state index is 13.3. The van der Waals surface area contributed by atoms with Crippen LogP contribution >= 0.6 is 0 Å². The lowest BCUT2D eigenvalue weighted by Crippen LogP contribution is -2.10. The Morgan fingerprint density at radius 1 is 1.43 bits per heavy atom. The molecule has 1 N–H and O–H groups in total. The maximum absolute atomic E-state index is 13.3. The molecule has 110 valence electrons. The Morgan fingerprint density at radius 2 is 2.24 bits per heavy atom. The smallest absolute Gasteiger partial charge is 0.155 e. The van der Waals surface area contributed by atoms with Crippen LogP contribution in [0, 0.1) is 12.7 Å². The second-order valence-corrected chi connectivity index (χ2v) is 5.02. The summed E-state index contributed by atoms with van der Waals surface area (Å²) in [5.74, 6) is 0.0698. The Labute approximate surface area is 121 Å². The first-order chi connectivity index (χ1) is 10.1. The predicted octanol–water partition coefficient (Wildman–Crippen LogP) is 2.96. The van der Waals surface area contributed by atoms with Gasteiger partial charge in [0.2, 0.25) is 0 Å². The van der Waals surface area contributed by atoms with Gasteiger partial charge in [-0.1, -0.05) is 12.1 Å². The van der Waals surface area contributed by atoms with Crippen molar-refractivity contribution < 1.29 is 13.9 Å². The molecule has 2 aromatic heterocycles. The molecule has 0 fully saturated rings. The first-order valence-corrected chi connectivity index (χ1v) is 6.86. The Balaban J connectivity index is 2.07. The summed E-state index contributed by atoms with van der Waals surface area (Å²) < 4.78 is 20.7. The molecule has 1 atom stereocenters. The van der Waals surface area contributed by atoms with Crippen LogP contribution in [0.1, 0.15) is 36.5 Å². The fourth-order valence-electron chi connectivity index (χ4n) is 2.47. The van der Waals surface area contributed by atoms with Gasteiger partial charge in [0.25, 0.3) is 0 Å². The summed E-state index contributed by atoms with van der Waals surface area (Å²) in [6, 6.07) is 4.31. The molecule has 6 heteroatoms. The van der Waals surface area contributed by atoms with Gasteiger partial charge in [-0.05, 0) is 31.5 Å². The topological polar surface area (TPSA) is 64.1 Å². The fourth-order valence-corrected chi connectivity index (χ4v) is 2.47. The van der Waals surface area contributed by atoms with E-state index in [4.69, 9.17) is 4.42 Å². The van der Waals surface area contributed by atoms with E-state index in [0.29, 0.717) is 29.0 Å². The zero-order valence-corrected chi connectivity index (χ0v) is 11.9. The van der Waals surface area contributed by atoms with E-state index in [9.17, 15) is 9.50 Å². The summed E-state index contributed by atoms with van der Waals surface area (Å²) in [5, 5.41) is 19.0. The number of benzene rings is 1. The lowest BCUT2D eigenvalue weighted by molar-refractivity contribution is 0.180. The minimum Gasteiger partial charge on any atom is -0.458 e. The number of hydrogen-bond acceptors (Lipinski definition) is 4. The Kier molecular flexibility index (Phi) is 3.47. The first-order valence-electron chi connectivity index (χ1n) is 6.86. The number of fused-ring (bicyclic) bond motifs is 1. The van der Waals surface area contributed by atoms with E-state index in [2.05, 4.69) is 10.3 Å². The number of aliphatic hydroxyl groups excluding tert-OH is 1. The minimum absolute atomic E-state index is 0.329. The fraction of sp³-hybridized carbons (Fsp3) is 0.333. The highest BCUT2D eigenvalue weighted by Gasteiger charge is 2.23. The van der Waals surface area contributed by atoms with Crippen molar-refractivity contribution in [2.75, 3.05) is 0 Å². The van der Waals surface area contributed by atoms with Gasteiger partial charge in [0.1, 0.15) is 17.2 Å².